The Morgan fingerprint density at radius 3 is 2.44 bits per heavy atom. The van der Waals surface area contributed by atoms with Crippen molar-refractivity contribution >= 4 is 5.91 Å². The van der Waals surface area contributed by atoms with Gasteiger partial charge in [-0.15, -0.1) is 0 Å². The highest BCUT2D eigenvalue weighted by Gasteiger charge is 2.28. The molecule has 92 valence electrons. The van der Waals surface area contributed by atoms with E-state index in [1.54, 1.807) is 0 Å². The normalized spacial score (nSPS) is 30.8. The molecule has 3 heteroatoms. The van der Waals surface area contributed by atoms with E-state index in [0.717, 1.165) is 19.0 Å². The standard InChI is InChI=1S/C13H24N2O/c1-2-3-10-4-6-12(7-5-10)15-13(16)11-8-14-9-11/h10-12,14H,2-9H2,1H3,(H,15,16). The van der Waals surface area contributed by atoms with Crippen LogP contribution < -0.4 is 10.6 Å². The van der Waals surface area contributed by atoms with Crippen molar-refractivity contribution in [3.8, 4) is 0 Å². The van der Waals surface area contributed by atoms with Crippen LogP contribution in [0.5, 0.6) is 0 Å². The van der Waals surface area contributed by atoms with E-state index in [0.29, 0.717) is 6.04 Å². The second-order valence-electron chi connectivity index (χ2n) is 5.37. The summed E-state index contributed by atoms with van der Waals surface area (Å²) < 4.78 is 0. The van der Waals surface area contributed by atoms with Gasteiger partial charge in [0.25, 0.3) is 0 Å². The lowest BCUT2D eigenvalue weighted by Gasteiger charge is -2.32. The van der Waals surface area contributed by atoms with Gasteiger partial charge in [-0.2, -0.15) is 0 Å². The number of carbonyl (C=O) groups is 1. The molecule has 0 aromatic rings. The molecular weight excluding hydrogens is 200 g/mol. The number of rotatable bonds is 4. The first-order chi connectivity index (χ1) is 7.79. The van der Waals surface area contributed by atoms with Gasteiger partial charge in [-0.25, -0.2) is 0 Å². The van der Waals surface area contributed by atoms with Crippen LogP contribution in [0.3, 0.4) is 0 Å². The van der Waals surface area contributed by atoms with Crippen molar-refractivity contribution in [2.24, 2.45) is 11.8 Å². The van der Waals surface area contributed by atoms with Crippen LogP contribution in [0, 0.1) is 11.8 Å². The highest BCUT2D eigenvalue weighted by atomic mass is 16.2. The predicted octanol–water partition coefficient (Wildman–Crippen LogP) is 1.68. The Labute approximate surface area is 98.4 Å². The molecule has 0 bridgehead atoms. The van der Waals surface area contributed by atoms with Gasteiger partial charge in [0.05, 0.1) is 5.92 Å². The molecule has 0 spiro atoms. The van der Waals surface area contributed by atoms with Crippen molar-refractivity contribution in [3.05, 3.63) is 0 Å². The van der Waals surface area contributed by atoms with E-state index in [1.165, 1.54) is 38.5 Å². The van der Waals surface area contributed by atoms with E-state index in [9.17, 15) is 4.79 Å². The summed E-state index contributed by atoms with van der Waals surface area (Å²) >= 11 is 0. The predicted molar refractivity (Wildman–Crippen MR) is 65.2 cm³/mol. The van der Waals surface area contributed by atoms with E-state index < -0.39 is 0 Å². The van der Waals surface area contributed by atoms with Crippen molar-refractivity contribution in [1.82, 2.24) is 10.6 Å². The van der Waals surface area contributed by atoms with Crippen LogP contribution in [0.4, 0.5) is 0 Å². The van der Waals surface area contributed by atoms with Gasteiger partial charge in [-0.05, 0) is 31.6 Å². The molecule has 3 nitrogen and oxygen atoms in total. The fraction of sp³-hybridized carbons (Fsp3) is 0.923. The van der Waals surface area contributed by atoms with E-state index in [1.807, 2.05) is 0 Å². The first-order valence-electron chi connectivity index (χ1n) is 6.80. The molecule has 0 unspecified atom stereocenters. The zero-order chi connectivity index (χ0) is 11.4. The largest absolute Gasteiger partial charge is 0.353 e. The third-order valence-corrected chi connectivity index (χ3v) is 4.04. The summed E-state index contributed by atoms with van der Waals surface area (Å²) in [5.41, 5.74) is 0. The fourth-order valence-corrected chi connectivity index (χ4v) is 2.80. The zero-order valence-corrected chi connectivity index (χ0v) is 10.3. The van der Waals surface area contributed by atoms with Crippen molar-refractivity contribution < 1.29 is 4.79 Å². The molecule has 1 aliphatic heterocycles. The smallest absolute Gasteiger partial charge is 0.225 e. The number of amides is 1. The van der Waals surface area contributed by atoms with E-state index in [-0.39, 0.29) is 11.8 Å². The molecule has 1 heterocycles. The third kappa shape index (κ3) is 2.97. The Morgan fingerprint density at radius 2 is 1.94 bits per heavy atom. The quantitative estimate of drug-likeness (QED) is 0.763. The molecule has 2 N–H and O–H groups in total. The Bertz CT molecular complexity index is 230. The van der Waals surface area contributed by atoms with E-state index in [4.69, 9.17) is 0 Å². The summed E-state index contributed by atoms with van der Waals surface area (Å²) in [5, 5.41) is 6.35. The summed E-state index contributed by atoms with van der Waals surface area (Å²) in [5.74, 6) is 1.44. The third-order valence-electron chi connectivity index (χ3n) is 4.04. The topological polar surface area (TPSA) is 41.1 Å². The number of hydrogen-bond acceptors (Lipinski definition) is 2. The maximum absolute atomic E-state index is 11.7. The molecule has 0 aromatic carbocycles. The summed E-state index contributed by atoms with van der Waals surface area (Å²) in [6.07, 6.45) is 7.67. The molecule has 2 rings (SSSR count). The minimum atomic E-state index is 0.244. The molecule has 1 saturated carbocycles. The minimum absolute atomic E-state index is 0.244. The molecule has 16 heavy (non-hydrogen) atoms. The Hall–Kier alpha value is -0.570. The lowest BCUT2D eigenvalue weighted by molar-refractivity contribution is -0.127. The van der Waals surface area contributed by atoms with Crippen molar-refractivity contribution in [2.75, 3.05) is 13.1 Å². The van der Waals surface area contributed by atoms with Gasteiger partial charge >= 0.3 is 0 Å². The average Bonchev–Trinajstić information content (AvgIpc) is 2.18. The maximum atomic E-state index is 11.7. The van der Waals surface area contributed by atoms with Gasteiger partial charge in [0.2, 0.25) is 5.91 Å². The number of nitrogens with one attached hydrogen (secondary N) is 2. The van der Waals surface area contributed by atoms with Crippen LogP contribution in [-0.2, 0) is 4.79 Å². The Balaban J connectivity index is 1.66. The zero-order valence-electron chi connectivity index (χ0n) is 10.3. The first-order valence-corrected chi connectivity index (χ1v) is 6.80. The van der Waals surface area contributed by atoms with E-state index in [2.05, 4.69) is 17.6 Å². The second-order valence-corrected chi connectivity index (χ2v) is 5.37. The molecule has 1 amide bonds. The van der Waals surface area contributed by atoms with Crippen LogP contribution in [0.15, 0.2) is 0 Å². The molecule has 1 aliphatic carbocycles. The second kappa shape index (κ2) is 5.67. The van der Waals surface area contributed by atoms with Gasteiger partial charge < -0.3 is 10.6 Å². The Morgan fingerprint density at radius 1 is 1.25 bits per heavy atom. The van der Waals surface area contributed by atoms with Crippen LogP contribution in [-0.4, -0.2) is 25.0 Å². The van der Waals surface area contributed by atoms with Gasteiger partial charge in [0.1, 0.15) is 0 Å². The molecule has 2 aliphatic rings. The monoisotopic (exact) mass is 224 g/mol. The van der Waals surface area contributed by atoms with Crippen LogP contribution >= 0.6 is 0 Å². The first kappa shape index (κ1) is 11.9. The van der Waals surface area contributed by atoms with Crippen molar-refractivity contribution in [2.45, 2.75) is 51.5 Å². The van der Waals surface area contributed by atoms with E-state index >= 15 is 0 Å². The molecule has 0 atom stereocenters. The number of hydrogen-bond donors (Lipinski definition) is 2. The van der Waals surface area contributed by atoms with Gasteiger partial charge in [0, 0.05) is 19.1 Å². The molecular formula is C13H24N2O. The summed E-state index contributed by atoms with van der Waals surface area (Å²) in [7, 11) is 0. The molecule has 0 radical (unpaired) electrons. The molecule has 2 fully saturated rings. The highest BCUT2D eigenvalue weighted by Crippen LogP contribution is 2.27. The van der Waals surface area contributed by atoms with Crippen molar-refractivity contribution in [1.29, 1.82) is 0 Å². The summed E-state index contributed by atoms with van der Waals surface area (Å²) in [6.45, 7) is 4.01. The lowest BCUT2D eigenvalue weighted by Crippen LogP contribution is -2.53. The van der Waals surface area contributed by atoms with Gasteiger partial charge in [0.15, 0.2) is 0 Å². The average molecular weight is 224 g/mol. The molecule has 1 saturated heterocycles. The summed E-state index contributed by atoms with van der Waals surface area (Å²) in [4.78, 5) is 11.7. The fourth-order valence-electron chi connectivity index (χ4n) is 2.80. The lowest BCUT2D eigenvalue weighted by atomic mass is 9.83. The van der Waals surface area contributed by atoms with Crippen LogP contribution in [0.25, 0.3) is 0 Å². The Kier molecular flexibility index (Phi) is 4.22. The maximum Gasteiger partial charge on any atom is 0.225 e. The van der Waals surface area contributed by atoms with Crippen molar-refractivity contribution in [3.63, 3.8) is 0 Å². The van der Waals surface area contributed by atoms with Crippen LogP contribution in [0.1, 0.15) is 45.4 Å². The number of carbonyl (C=O) groups excluding carboxylic acids is 1. The van der Waals surface area contributed by atoms with Crippen LogP contribution in [0.2, 0.25) is 0 Å². The molecule has 0 aromatic heterocycles. The highest BCUT2D eigenvalue weighted by molar-refractivity contribution is 5.80. The van der Waals surface area contributed by atoms with Gasteiger partial charge in [-0.1, -0.05) is 19.8 Å². The van der Waals surface area contributed by atoms with Gasteiger partial charge in [-0.3, -0.25) is 4.79 Å². The SMILES string of the molecule is CCCC1CCC(NC(=O)C2CNC2)CC1. The minimum Gasteiger partial charge on any atom is -0.353 e. The summed E-state index contributed by atoms with van der Waals surface area (Å²) in [6, 6.07) is 0.459.